The molecule has 0 unspecified atom stereocenters. The molecule has 5 aromatic heterocycles. The highest BCUT2D eigenvalue weighted by Gasteiger charge is 2.28. The molecule has 388 valence electrons. The van der Waals surface area contributed by atoms with Gasteiger partial charge in [-0.1, -0.05) is 146 Å². The Morgan fingerprint density at radius 3 is 1.27 bits per heavy atom. The van der Waals surface area contributed by atoms with Crippen LogP contribution in [-0.4, -0.2) is 37.0 Å². The summed E-state index contributed by atoms with van der Waals surface area (Å²) in [6, 6.07) is 92.1. The van der Waals surface area contributed by atoms with E-state index in [4.69, 9.17) is 9.72 Å². The molecular weight excluding hydrogens is 1000 g/mol. The molecule has 0 spiro atoms. The Kier molecular flexibility index (Phi) is 10.0. The van der Waals surface area contributed by atoms with Crippen LogP contribution in [0.1, 0.15) is 5.56 Å². The number of anilines is 3. The number of benzene rings is 11. The predicted octanol–water partition coefficient (Wildman–Crippen LogP) is 18.8. The van der Waals surface area contributed by atoms with Crippen LogP contribution >= 0.6 is 0 Å². The SMILES string of the molecule is Cc1cc(-n2c3ccccc3c3ccc(Oc4cccc(N5CN(C)c6ccccc65)c4)cc32)ncc1-c1c(-n2c3ccccc3c3ccccc32)cc(-n2c3ccccc3c3ccccc32)cc1-n1c2ccccc2c2ccccc21. The van der Waals surface area contributed by atoms with E-state index in [1.165, 1.54) is 43.7 Å². The average molecular weight is 1050 g/mol. The maximum absolute atomic E-state index is 6.81. The fourth-order valence-corrected chi connectivity index (χ4v) is 13.6. The maximum Gasteiger partial charge on any atom is 0.137 e. The van der Waals surface area contributed by atoms with Crippen LogP contribution < -0.4 is 14.5 Å². The number of aryl methyl sites for hydroxylation is 1. The molecule has 8 nitrogen and oxygen atoms in total. The Labute approximate surface area is 472 Å². The van der Waals surface area contributed by atoms with Crippen LogP contribution in [0.25, 0.3) is 121 Å². The third-order valence-corrected chi connectivity index (χ3v) is 17.1. The van der Waals surface area contributed by atoms with Gasteiger partial charge in [-0.3, -0.25) is 4.57 Å². The second kappa shape index (κ2) is 17.8. The van der Waals surface area contributed by atoms with Crippen LogP contribution in [0.15, 0.2) is 261 Å². The van der Waals surface area contributed by atoms with E-state index >= 15 is 0 Å². The number of hydrogen-bond donors (Lipinski definition) is 0. The molecule has 0 amide bonds. The van der Waals surface area contributed by atoms with Gasteiger partial charge in [-0.2, -0.15) is 0 Å². The molecule has 11 aromatic carbocycles. The number of aromatic nitrogens is 5. The summed E-state index contributed by atoms with van der Waals surface area (Å²) in [5.74, 6) is 2.34. The molecule has 1 aliphatic heterocycles. The highest BCUT2D eigenvalue weighted by molar-refractivity contribution is 6.14. The zero-order valence-electron chi connectivity index (χ0n) is 45.1. The molecule has 1 aliphatic rings. The molecule has 0 N–H and O–H groups in total. The lowest BCUT2D eigenvalue weighted by molar-refractivity contribution is 0.483. The van der Waals surface area contributed by atoms with E-state index in [9.17, 15) is 0 Å². The smallest absolute Gasteiger partial charge is 0.137 e. The second-order valence-electron chi connectivity index (χ2n) is 21.7. The summed E-state index contributed by atoms with van der Waals surface area (Å²) >= 11 is 0. The third-order valence-electron chi connectivity index (χ3n) is 17.1. The van der Waals surface area contributed by atoms with E-state index in [0.29, 0.717) is 0 Å². The molecule has 0 bridgehead atoms. The van der Waals surface area contributed by atoms with E-state index in [2.05, 4.69) is 297 Å². The van der Waals surface area contributed by atoms with Gasteiger partial charge in [0.25, 0.3) is 0 Å². The van der Waals surface area contributed by atoms with Crippen molar-refractivity contribution in [3.8, 4) is 45.5 Å². The van der Waals surface area contributed by atoms with Gasteiger partial charge in [0.2, 0.25) is 0 Å². The van der Waals surface area contributed by atoms with E-state index in [0.717, 1.165) is 118 Å². The Balaban J connectivity index is 0.907. The molecule has 0 atom stereocenters. The predicted molar refractivity (Wildman–Crippen MR) is 340 cm³/mol. The fourth-order valence-electron chi connectivity index (χ4n) is 13.6. The Morgan fingerprint density at radius 2 is 0.768 bits per heavy atom. The van der Waals surface area contributed by atoms with E-state index < -0.39 is 0 Å². The Bertz CT molecular complexity index is 5010. The minimum Gasteiger partial charge on any atom is -0.457 e. The molecule has 0 radical (unpaired) electrons. The summed E-state index contributed by atoms with van der Waals surface area (Å²) in [6.45, 7) is 3.01. The van der Waals surface area contributed by atoms with Crippen molar-refractivity contribution >= 4 is 104 Å². The van der Waals surface area contributed by atoms with Crippen LogP contribution in [0.4, 0.5) is 17.1 Å². The summed E-state index contributed by atoms with van der Waals surface area (Å²) in [5, 5.41) is 9.49. The lowest BCUT2D eigenvalue weighted by Gasteiger charge is -2.24. The van der Waals surface area contributed by atoms with Crippen LogP contribution in [0, 0.1) is 6.92 Å². The zero-order valence-corrected chi connectivity index (χ0v) is 45.1. The average Bonchev–Trinajstić information content (AvgIpc) is 4.47. The number of para-hydroxylation sites is 9. The number of rotatable bonds is 8. The summed E-state index contributed by atoms with van der Waals surface area (Å²) in [5.41, 5.74) is 18.7. The van der Waals surface area contributed by atoms with E-state index in [-0.39, 0.29) is 0 Å². The number of ether oxygens (including phenoxy) is 1. The van der Waals surface area contributed by atoms with Crippen LogP contribution in [0.3, 0.4) is 0 Å². The van der Waals surface area contributed by atoms with Crippen molar-refractivity contribution < 1.29 is 4.74 Å². The maximum atomic E-state index is 6.81. The monoisotopic (exact) mass is 1050 g/mol. The highest BCUT2D eigenvalue weighted by atomic mass is 16.5. The molecule has 8 heteroatoms. The standard InChI is InChI=1S/C74H51N7O/c1-47-40-73(81-67-35-16-9-28-58(67)59-39-38-51(44-70(59)81)82-50-21-19-20-48(41-50)77-46-76(2)68-36-17-18-37-69(68)77)75-45-60(47)74-71(79-63-31-12-5-24-54(63)55-25-6-13-32-64(55)79)42-49(78-61-29-10-3-22-52(61)53-23-4-11-30-62(53)78)43-72(74)80-65-33-14-7-26-56(65)57-27-8-15-34-66(57)80/h3-45H,46H2,1-2H3. The Morgan fingerprint density at radius 1 is 0.341 bits per heavy atom. The third kappa shape index (κ3) is 6.82. The first-order valence-electron chi connectivity index (χ1n) is 28.0. The van der Waals surface area contributed by atoms with Crippen molar-refractivity contribution in [3.05, 3.63) is 267 Å². The first kappa shape index (κ1) is 46.1. The molecule has 0 saturated carbocycles. The first-order valence-corrected chi connectivity index (χ1v) is 28.0. The number of pyridine rings is 1. The first-order chi connectivity index (χ1) is 40.5. The van der Waals surface area contributed by atoms with Gasteiger partial charge in [-0.15, -0.1) is 0 Å². The molecule has 0 aliphatic carbocycles. The minimum absolute atomic E-state index is 0.746. The molecule has 0 fully saturated rings. The van der Waals surface area contributed by atoms with Crippen LogP contribution in [0.5, 0.6) is 11.5 Å². The van der Waals surface area contributed by atoms with Gasteiger partial charge in [0.1, 0.15) is 17.3 Å². The quantitative estimate of drug-likeness (QED) is 0.152. The van der Waals surface area contributed by atoms with Crippen molar-refractivity contribution in [2.24, 2.45) is 0 Å². The number of nitrogens with zero attached hydrogens (tertiary/aromatic N) is 7. The summed E-state index contributed by atoms with van der Waals surface area (Å²) < 4.78 is 16.6. The van der Waals surface area contributed by atoms with Crippen LogP contribution in [0.2, 0.25) is 0 Å². The fraction of sp³-hybridized carbons (Fsp3) is 0.0405. The lowest BCUT2D eigenvalue weighted by Crippen LogP contribution is -2.23. The van der Waals surface area contributed by atoms with Gasteiger partial charge in [0.05, 0.1) is 79.2 Å². The van der Waals surface area contributed by atoms with Crippen LogP contribution in [-0.2, 0) is 0 Å². The van der Waals surface area contributed by atoms with Crippen molar-refractivity contribution in [1.82, 2.24) is 23.3 Å². The molecule has 82 heavy (non-hydrogen) atoms. The van der Waals surface area contributed by atoms with E-state index in [1.807, 2.05) is 6.07 Å². The van der Waals surface area contributed by atoms with Gasteiger partial charge in [0.15, 0.2) is 0 Å². The van der Waals surface area contributed by atoms with Gasteiger partial charge < -0.3 is 28.2 Å². The second-order valence-corrected chi connectivity index (χ2v) is 21.7. The largest absolute Gasteiger partial charge is 0.457 e. The molecule has 17 rings (SSSR count). The van der Waals surface area contributed by atoms with E-state index in [1.54, 1.807) is 0 Å². The number of hydrogen-bond acceptors (Lipinski definition) is 4. The van der Waals surface area contributed by atoms with Gasteiger partial charge in [0, 0.05) is 85.3 Å². The summed E-state index contributed by atoms with van der Waals surface area (Å²) in [6.07, 6.45) is 2.12. The lowest BCUT2D eigenvalue weighted by atomic mass is 9.97. The number of fused-ring (bicyclic) bond motifs is 13. The highest BCUT2D eigenvalue weighted by Crippen LogP contribution is 2.47. The topological polar surface area (TPSA) is 48.3 Å². The normalized spacial score (nSPS) is 12.7. The van der Waals surface area contributed by atoms with Crippen molar-refractivity contribution in [3.63, 3.8) is 0 Å². The molecular formula is C74H51N7O. The minimum atomic E-state index is 0.746. The van der Waals surface area contributed by atoms with Crippen molar-refractivity contribution in [2.45, 2.75) is 6.92 Å². The molecule has 6 heterocycles. The summed E-state index contributed by atoms with van der Waals surface area (Å²) in [7, 11) is 2.14. The van der Waals surface area contributed by atoms with Gasteiger partial charge >= 0.3 is 0 Å². The van der Waals surface area contributed by atoms with Gasteiger partial charge in [-0.25, -0.2) is 4.98 Å². The van der Waals surface area contributed by atoms with Gasteiger partial charge in [-0.05, 0) is 110 Å². The molecule has 16 aromatic rings. The summed E-state index contributed by atoms with van der Waals surface area (Å²) in [4.78, 5) is 10.2. The molecule has 0 saturated heterocycles. The van der Waals surface area contributed by atoms with Crippen molar-refractivity contribution in [2.75, 3.05) is 23.5 Å². The zero-order chi connectivity index (χ0) is 54.2. The Hall–Kier alpha value is -10.8. The van der Waals surface area contributed by atoms with Crippen molar-refractivity contribution in [1.29, 1.82) is 0 Å².